The van der Waals surface area contributed by atoms with Gasteiger partial charge in [0.1, 0.15) is 5.78 Å². The lowest BCUT2D eigenvalue weighted by atomic mass is 9.65. The molecule has 0 aromatic carbocycles. The maximum absolute atomic E-state index is 12.8. The minimum Gasteiger partial charge on any atom is -0.390 e. The van der Waals surface area contributed by atoms with Crippen LogP contribution < -0.4 is 0 Å². The summed E-state index contributed by atoms with van der Waals surface area (Å²) in [6, 6.07) is 0. The number of ketones is 1. The van der Waals surface area contributed by atoms with Crippen LogP contribution in [0.25, 0.3) is 0 Å². The summed E-state index contributed by atoms with van der Waals surface area (Å²) in [5.74, 6) is 4.76. The Morgan fingerprint density at radius 1 is 1.11 bits per heavy atom. The first-order chi connectivity index (χ1) is 12.9. The van der Waals surface area contributed by atoms with E-state index in [1.165, 1.54) is 32.1 Å². The fourth-order valence-electron chi connectivity index (χ4n) is 6.05. The van der Waals surface area contributed by atoms with Gasteiger partial charge in [0, 0.05) is 11.8 Å². The first-order valence-electron chi connectivity index (χ1n) is 12.2. The maximum Gasteiger partial charge on any atom is 0.138 e. The van der Waals surface area contributed by atoms with E-state index >= 15 is 0 Å². The molecule has 0 aliphatic heterocycles. The van der Waals surface area contributed by atoms with Gasteiger partial charge in [-0.2, -0.15) is 0 Å². The van der Waals surface area contributed by atoms with Crippen LogP contribution in [0, 0.1) is 40.9 Å². The van der Waals surface area contributed by atoms with Crippen LogP contribution >= 0.6 is 0 Å². The SMILES string of the molecule is CCC(CC(C(C)CC(=O)C(C)(C)C)C1CCC(C)(O)CC1)C1CCC(C)C1. The number of carbonyl (C=O) groups excluding carboxylic acids is 1. The topological polar surface area (TPSA) is 37.3 Å². The van der Waals surface area contributed by atoms with Crippen LogP contribution in [0.3, 0.4) is 0 Å². The van der Waals surface area contributed by atoms with Gasteiger partial charge >= 0.3 is 0 Å². The van der Waals surface area contributed by atoms with Crippen molar-refractivity contribution in [1.29, 1.82) is 0 Å². The molecule has 2 nitrogen and oxygen atoms in total. The molecule has 2 saturated carbocycles. The highest BCUT2D eigenvalue weighted by atomic mass is 16.3. The van der Waals surface area contributed by atoms with Gasteiger partial charge in [-0.15, -0.1) is 0 Å². The highest BCUT2D eigenvalue weighted by Crippen LogP contribution is 2.46. The predicted molar refractivity (Wildman–Crippen MR) is 119 cm³/mol. The average Bonchev–Trinajstić information content (AvgIpc) is 3.02. The molecule has 0 heterocycles. The van der Waals surface area contributed by atoms with E-state index < -0.39 is 5.60 Å². The summed E-state index contributed by atoms with van der Waals surface area (Å²) in [4.78, 5) is 12.8. The standard InChI is InChI=1S/C26H48O2/c1-8-20(22-10-9-18(2)15-22)17-23(19(3)16-24(27)25(4,5)6)21-11-13-26(7,28)14-12-21/h18-23,28H,8-17H2,1-7H3. The third kappa shape index (κ3) is 6.57. The quantitative estimate of drug-likeness (QED) is 0.481. The van der Waals surface area contributed by atoms with Gasteiger partial charge < -0.3 is 5.11 Å². The lowest BCUT2D eigenvalue weighted by Crippen LogP contribution is -2.36. The van der Waals surface area contributed by atoms with Gasteiger partial charge in [0.2, 0.25) is 0 Å². The van der Waals surface area contributed by atoms with E-state index in [0.29, 0.717) is 23.5 Å². The van der Waals surface area contributed by atoms with E-state index in [4.69, 9.17) is 0 Å². The van der Waals surface area contributed by atoms with Gasteiger partial charge in [-0.25, -0.2) is 0 Å². The van der Waals surface area contributed by atoms with Gasteiger partial charge in [-0.05, 0) is 87.4 Å². The Morgan fingerprint density at radius 2 is 1.71 bits per heavy atom. The third-order valence-corrected chi connectivity index (χ3v) is 8.29. The van der Waals surface area contributed by atoms with Crippen molar-refractivity contribution in [3.05, 3.63) is 0 Å². The van der Waals surface area contributed by atoms with Gasteiger partial charge in [0.05, 0.1) is 5.60 Å². The summed E-state index contributed by atoms with van der Waals surface area (Å²) in [6.45, 7) is 15.3. The van der Waals surface area contributed by atoms with E-state index in [1.54, 1.807) is 0 Å². The van der Waals surface area contributed by atoms with E-state index in [0.717, 1.165) is 49.9 Å². The molecule has 28 heavy (non-hydrogen) atoms. The number of rotatable bonds is 8. The molecule has 164 valence electrons. The average molecular weight is 393 g/mol. The largest absolute Gasteiger partial charge is 0.390 e. The molecule has 5 atom stereocenters. The second kappa shape index (κ2) is 9.63. The Morgan fingerprint density at radius 3 is 2.18 bits per heavy atom. The molecule has 0 amide bonds. The predicted octanol–water partition coefficient (Wildman–Crippen LogP) is 7.04. The molecule has 0 spiro atoms. The first kappa shape index (κ1) is 23.9. The molecule has 2 rings (SSSR count). The zero-order chi connectivity index (χ0) is 21.1. The summed E-state index contributed by atoms with van der Waals surface area (Å²) in [5, 5.41) is 10.4. The molecule has 0 aromatic heterocycles. The molecule has 2 aliphatic carbocycles. The second-order valence-electron chi connectivity index (χ2n) is 11.9. The molecule has 2 heteroatoms. The molecule has 0 bridgehead atoms. The molecular formula is C26H48O2. The van der Waals surface area contributed by atoms with Crippen molar-refractivity contribution in [2.24, 2.45) is 40.9 Å². The monoisotopic (exact) mass is 392 g/mol. The van der Waals surface area contributed by atoms with Gasteiger partial charge in [0.15, 0.2) is 0 Å². The van der Waals surface area contributed by atoms with Crippen molar-refractivity contribution in [3.8, 4) is 0 Å². The lowest BCUT2D eigenvalue weighted by molar-refractivity contribution is -0.128. The maximum atomic E-state index is 12.8. The van der Waals surface area contributed by atoms with Gasteiger partial charge in [-0.1, -0.05) is 54.4 Å². The molecule has 2 fully saturated rings. The summed E-state index contributed by atoms with van der Waals surface area (Å²) >= 11 is 0. The molecule has 0 aromatic rings. The summed E-state index contributed by atoms with van der Waals surface area (Å²) in [5.41, 5.74) is -0.712. The molecule has 2 aliphatic rings. The Bertz CT molecular complexity index is 491. The van der Waals surface area contributed by atoms with Crippen LogP contribution in [0.15, 0.2) is 0 Å². The molecule has 5 unspecified atom stereocenters. The Kier molecular flexibility index (Phi) is 8.22. The van der Waals surface area contributed by atoms with Crippen LogP contribution in [-0.4, -0.2) is 16.5 Å². The molecule has 1 N–H and O–H groups in total. The Labute approximate surface area is 175 Å². The van der Waals surface area contributed by atoms with E-state index in [2.05, 4.69) is 41.5 Å². The summed E-state index contributed by atoms with van der Waals surface area (Å²) in [6.07, 6.45) is 11.6. The summed E-state index contributed by atoms with van der Waals surface area (Å²) < 4.78 is 0. The highest BCUT2D eigenvalue weighted by Gasteiger charge is 2.38. The molecule has 0 saturated heterocycles. The first-order valence-corrected chi connectivity index (χ1v) is 12.2. The minimum atomic E-state index is -0.476. The summed E-state index contributed by atoms with van der Waals surface area (Å²) in [7, 11) is 0. The number of hydrogen-bond acceptors (Lipinski definition) is 2. The number of carbonyl (C=O) groups is 1. The van der Waals surface area contributed by atoms with Crippen LogP contribution in [0.1, 0.15) is 113 Å². The van der Waals surface area contributed by atoms with E-state index in [9.17, 15) is 9.90 Å². The second-order valence-corrected chi connectivity index (χ2v) is 11.9. The van der Waals surface area contributed by atoms with E-state index in [-0.39, 0.29) is 5.41 Å². The smallest absolute Gasteiger partial charge is 0.138 e. The molecule has 0 radical (unpaired) electrons. The fraction of sp³-hybridized carbons (Fsp3) is 0.962. The zero-order valence-corrected chi connectivity index (χ0v) is 19.9. The zero-order valence-electron chi connectivity index (χ0n) is 19.9. The number of hydrogen-bond donors (Lipinski definition) is 1. The lowest BCUT2D eigenvalue weighted by Gasteiger charge is -2.41. The third-order valence-electron chi connectivity index (χ3n) is 8.29. The van der Waals surface area contributed by atoms with Crippen LogP contribution in [0.4, 0.5) is 0 Å². The molecular weight excluding hydrogens is 344 g/mol. The van der Waals surface area contributed by atoms with Crippen molar-refractivity contribution in [2.75, 3.05) is 0 Å². The number of aliphatic hydroxyl groups is 1. The van der Waals surface area contributed by atoms with E-state index in [1.807, 2.05) is 6.92 Å². The van der Waals surface area contributed by atoms with Crippen molar-refractivity contribution < 1.29 is 9.90 Å². The van der Waals surface area contributed by atoms with Crippen molar-refractivity contribution in [2.45, 2.75) is 118 Å². The Hall–Kier alpha value is -0.370. The van der Waals surface area contributed by atoms with Crippen molar-refractivity contribution >= 4 is 5.78 Å². The van der Waals surface area contributed by atoms with Crippen LogP contribution in [0.5, 0.6) is 0 Å². The van der Waals surface area contributed by atoms with Gasteiger partial charge in [0.25, 0.3) is 0 Å². The highest BCUT2D eigenvalue weighted by molar-refractivity contribution is 5.83. The fourth-order valence-corrected chi connectivity index (χ4v) is 6.05. The van der Waals surface area contributed by atoms with Gasteiger partial charge in [-0.3, -0.25) is 4.79 Å². The van der Waals surface area contributed by atoms with Crippen molar-refractivity contribution in [1.82, 2.24) is 0 Å². The normalized spacial score (nSPS) is 34.8. The minimum absolute atomic E-state index is 0.236. The van der Waals surface area contributed by atoms with Crippen LogP contribution in [0.2, 0.25) is 0 Å². The van der Waals surface area contributed by atoms with Crippen molar-refractivity contribution in [3.63, 3.8) is 0 Å². The van der Waals surface area contributed by atoms with Crippen LogP contribution in [-0.2, 0) is 4.79 Å². The Balaban J connectivity index is 2.12. The number of Topliss-reactive ketones (excluding diaryl/α,β-unsaturated/α-hetero) is 1.